The minimum atomic E-state index is -0.0815. The predicted molar refractivity (Wildman–Crippen MR) is 155 cm³/mol. The quantitative estimate of drug-likeness (QED) is 0.282. The Kier molecular flexibility index (Phi) is 7.34. The van der Waals surface area contributed by atoms with Crippen LogP contribution in [0.15, 0.2) is 109 Å². The number of likely N-dealkylation sites (tertiary alicyclic amines) is 1. The number of rotatable bonds is 8. The van der Waals surface area contributed by atoms with Gasteiger partial charge in [0, 0.05) is 35.8 Å². The number of nitrogens with one attached hydrogen (secondary N) is 2. The normalized spacial score (nSPS) is 19.7. The van der Waals surface area contributed by atoms with E-state index in [2.05, 4.69) is 70.1 Å². The van der Waals surface area contributed by atoms with Gasteiger partial charge in [-0.2, -0.15) is 0 Å². The molecule has 4 aromatic rings. The first-order chi connectivity index (χ1) is 18.7. The fourth-order valence-corrected chi connectivity index (χ4v) is 5.61. The summed E-state index contributed by atoms with van der Waals surface area (Å²) in [5.41, 5.74) is 6.51. The van der Waals surface area contributed by atoms with E-state index in [0.29, 0.717) is 23.6 Å². The number of hydrogen-bond acceptors (Lipinski definition) is 3. The smallest absolute Gasteiger partial charge is 0.255 e. The minimum Gasteiger partial charge on any atom is -0.322 e. The van der Waals surface area contributed by atoms with Crippen molar-refractivity contribution in [2.75, 3.05) is 18.4 Å². The Balaban J connectivity index is 0.961. The lowest BCUT2D eigenvalue weighted by molar-refractivity contribution is 0.102. The van der Waals surface area contributed by atoms with Crippen LogP contribution in [0.3, 0.4) is 0 Å². The van der Waals surface area contributed by atoms with Crippen LogP contribution in [-0.4, -0.2) is 36.0 Å². The maximum Gasteiger partial charge on any atom is 0.255 e. The summed E-state index contributed by atoms with van der Waals surface area (Å²) in [5.74, 6) is 0.495. The van der Waals surface area contributed by atoms with Crippen molar-refractivity contribution in [3.63, 3.8) is 0 Å². The molecule has 2 fully saturated rings. The van der Waals surface area contributed by atoms with Gasteiger partial charge in [-0.25, -0.2) is 0 Å². The van der Waals surface area contributed by atoms with E-state index in [-0.39, 0.29) is 5.91 Å². The lowest BCUT2D eigenvalue weighted by Gasteiger charge is -2.32. The predicted octanol–water partition coefficient (Wildman–Crippen LogP) is 6.72. The van der Waals surface area contributed by atoms with Gasteiger partial charge in [0.25, 0.3) is 5.91 Å². The van der Waals surface area contributed by atoms with E-state index in [1.165, 1.54) is 30.4 Å². The first kappa shape index (κ1) is 24.6. The molecule has 38 heavy (non-hydrogen) atoms. The van der Waals surface area contributed by atoms with E-state index in [1.807, 2.05) is 54.6 Å². The number of carbonyl (C=O) groups is 1. The van der Waals surface area contributed by atoms with Crippen LogP contribution in [0.4, 0.5) is 5.69 Å². The van der Waals surface area contributed by atoms with Gasteiger partial charge in [0.05, 0.1) is 0 Å². The van der Waals surface area contributed by atoms with Crippen LogP contribution in [0.25, 0.3) is 11.1 Å². The van der Waals surface area contributed by atoms with Crippen molar-refractivity contribution in [1.82, 2.24) is 10.2 Å². The Morgan fingerprint density at radius 3 is 2.05 bits per heavy atom. The Bertz CT molecular complexity index is 1330. The summed E-state index contributed by atoms with van der Waals surface area (Å²) >= 11 is 0. The molecule has 0 radical (unpaired) electrons. The highest BCUT2D eigenvalue weighted by Gasteiger charge is 2.39. The third-order valence-corrected chi connectivity index (χ3v) is 7.93. The molecule has 1 aliphatic carbocycles. The molecule has 0 bridgehead atoms. The molecule has 1 saturated heterocycles. The second-order valence-corrected chi connectivity index (χ2v) is 10.7. The molecule has 2 aliphatic rings. The fourth-order valence-electron chi connectivity index (χ4n) is 5.61. The molecular formula is C34H35N3O. The van der Waals surface area contributed by atoms with Crippen molar-refractivity contribution in [3.05, 3.63) is 126 Å². The summed E-state index contributed by atoms with van der Waals surface area (Å²) in [6.45, 7) is 3.38. The summed E-state index contributed by atoms with van der Waals surface area (Å²) in [6.07, 6.45) is 3.63. The zero-order valence-corrected chi connectivity index (χ0v) is 21.7. The maximum atomic E-state index is 12.8. The van der Waals surface area contributed by atoms with E-state index in [9.17, 15) is 4.79 Å². The molecule has 1 saturated carbocycles. The number of hydrogen-bond donors (Lipinski definition) is 2. The Hall–Kier alpha value is -3.73. The summed E-state index contributed by atoms with van der Waals surface area (Å²) < 4.78 is 0. The second kappa shape index (κ2) is 11.3. The lowest BCUT2D eigenvalue weighted by atomic mass is 10.0. The van der Waals surface area contributed by atoms with E-state index in [0.717, 1.165) is 36.4 Å². The van der Waals surface area contributed by atoms with Gasteiger partial charge in [-0.3, -0.25) is 9.69 Å². The Morgan fingerprint density at radius 1 is 0.737 bits per heavy atom. The number of carbonyl (C=O) groups excluding carboxylic acids is 1. The standard InChI is InChI=1S/C34H35N3O/c38-34(29-13-11-27(12-14-29)26-9-5-2-6-10-26)36-30-17-15-28(16-18-30)32-23-33(32)35-31-19-21-37(22-20-31)24-25-7-3-1-4-8-25/h1-18,31-33,35H,19-24H2,(H,36,38). The van der Waals surface area contributed by atoms with Gasteiger partial charge in [0.1, 0.15) is 0 Å². The molecule has 1 heterocycles. The van der Waals surface area contributed by atoms with Crippen LogP contribution in [0.1, 0.15) is 46.7 Å². The molecule has 2 atom stereocenters. The molecule has 2 unspecified atom stereocenters. The van der Waals surface area contributed by atoms with Crippen LogP contribution < -0.4 is 10.6 Å². The summed E-state index contributed by atoms with van der Waals surface area (Å²) in [5, 5.41) is 6.96. The molecule has 2 N–H and O–H groups in total. The molecule has 0 spiro atoms. The van der Waals surface area contributed by atoms with Crippen LogP contribution in [0.5, 0.6) is 0 Å². The third-order valence-electron chi connectivity index (χ3n) is 7.93. The highest BCUT2D eigenvalue weighted by atomic mass is 16.1. The summed E-state index contributed by atoms with van der Waals surface area (Å²) in [6, 6.07) is 38.4. The average molecular weight is 502 g/mol. The molecule has 4 aromatic carbocycles. The fraction of sp³-hybridized carbons (Fsp3) is 0.265. The molecule has 4 heteroatoms. The number of anilines is 1. The van der Waals surface area contributed by atoms with Crippen LogP contribution in [0, 0.1) is 0 Å². The van der Waals surface area contributed by atoms with Gasteiger partial charge in [0.2, 0.25) is 0 Å². The molecule has 192 valence electrons. The first-order valence-electron chi connectivity index (χ1n) is 13.8. The van der Waals surface area contributed by atoms with Crippen molar-refractivity contribution >= 4 is 11.6 Å². The van der Waals surface area contributed by atoms with Crippen LogP contribution in [0.2, 0.25) is 0 Å². The Labute approximate surface area is 225 Å². The van der Waals surface area contributed by atoms with Crippen LogP contribution in [-0.2, 0) is 6.54 Å². The highest BCUT2D eigenvalue weighted by Crippen LogP contribution is 2.41. The number of amides is 1. The van der Waals surface area contributed by atoms with Crippen molar-refractivity contribution in [2.24, 2.45) is 0 Å². The molecule has 6 rings (SSSR count). The monoisotopic (exact) mass is 501 g/mol. The SMILES string of the molecule is O=C(Nc1ccc(C2CC2NC2CCN(Cc3ccccc3)CC2)cc1)c1ccc(-c2ccccc2)cc1. The summed E-state index contributed by atoms with van der Waals surface area (Å²) in [4.78, 5) is 15.3. The third kappa shape index (κ3) is 6.04. The van der Waals surface area contributed by atoms with Crippen LogP contribution >= 0.6 is 0 Å². The summed E-state index contributed by atoms with van der Waals surface area (Å²) in [7, 11) is 0. The number of benzene rings is 4. The van der Waals surface area contributed by atoms with Gasteiger partial charge >= 0.3 is 0 Å². The molecule has 0 aromatic heterocycles. The molecular weight excluding hydrogens is 466 g/mol. The van der Waals surface area contributed by atoms with Crippen molar-refractivity contribution in [2.45, 2.75) is 43.8 Å². The number of nitrogens with zero attached hydrogens (tertiary/aromatic N) is 1. The van der Waals surface area contributed by atoms with Gasteiger partial charge in [0.15, 0.2) is 0 Å². The van der Waals surface area contributed by atoms with Crippen molar-refractivity contribution in [3.8, 4) is 11.1 Å². The lowest BCUT2D eigenvalue weighted by Crippen LogP contribution is -2.43. The average Bonchev–Trinajstić information content (AvgIpc) is 3.74. The maximum absolute atomic E-state index is 12.8. The first-order valence-corrected chi connectivity index (χ1v) is 13.8. The number of piperidine rings is 1. The van der Waals surface area contributed by atoms with Gasteiger partial charge < -0.3 is 10.6 Å². The largest absolute Gasteiger partial charge is 0.322 e. The van der Waals surface area contributed by atoms with Gasteiger partial charge in [-0.1, -0.05) is 84.9 Å². The zero-order valence-electron chi connectivity index (χ0n) is 21.7. The van der Waals surface area contributed by atoms with E-state index >= 15 is 0 Å². The van der Waals surface area contributed by atoms with E-state index < -0.39 is 0 Å². The van der Waals surface area contributed by atoms with Crippen molar-refractivity contribution in [1.29, 1.82) is 0 Å². The van der Waals surface area contributed by atoms with E-state index in [4.69, 9.17) is 0 Å². The second-order valence-electron chi connectivity index (χ2n) is 10.7. The topological polar surface area (TPSA) is 44.4 Å². The van der Waals surface area contributed by atoms with Gasteiger partial charge in [-0.15, -0.1) is 0 Å². The zero-order chi connectivity index (χ0) is 25.7. The van der Waals surface area contributed by atoms with Gasteiger partial charge in [-0.05, 0) is 78.9 Å². The molecule has 4 nitrogen and oxygen atoms in total. The molecule has 1 aliphatic heterocycles. The highest BCUT2D eigenvalue weighted by molar-refractivity contribution is 6.04. The van der Waals surface area contributed by atoms with Crippen molar-refractivity contribution < 1.29 is 4.79 Å². The van der Waals surface area contributed by atoms with E-state index in [1.54, 1.807) is 0 Å². The Morgan fingerprint density at radius 2 is 1.37 bits per heavy atom. The minimum absolute atomic E-state index is 0.0815. The molecule has 1 amide bonds.